The standard InChI is InChI=1S/C77H144O17P2/c1-5-9-13-17-21-25-29-33-35-39-42-46-50-54-58-62-75(80)88-68-72(93-76(81)63-59-55-51-47-43-38-32-28-24-20-16-12-8-4)69-91-95(83,84)89-65-71(78)66-90-96(85,86)92-70-73(67-87-74(79)61-57-53-49-45-41-37-31-27-23-19-15-11-7-3)94-77(82)64-60-56-52-48-44-40-36-34-30-26-22-18-14-10-6-2/h27,31,33-36,71-73,78H,5-26,28-30,32,37-70H2,1-4H3,(H,83,84)(H,85,86)/b31-27-,35-33-,36-34-/t71-,72-,73-/m1/s1. The molecule has 0 saturated carbocycles. The highest BCUT2D eigenvalue weighted by Gasteiger charge is 2.30. The van der Waals surface area contributed by atoms with E-state index in [0.717, 1.165) is 141 Å². The average Bonchev–Trinajstić information content (AvgIpc) is 1.22. The Morgan fingerprint density at radius 1 is 0.281 bits per heavy atom. The molecule has 0 bridgehead atoms. The van der Waals surface area contributed by atoms with Crippen LogP contribution in [0.5, 0.6) is 0 Å². The second-order valence-electron chi connectivity index (χ2n) is 26.7. The van der Waals surface area contributed by atoms with Gasteiger partial charge in [-0.05, 0) is 103 Å². The molecular formula is C77H144O17P2. The molecule has 0 saturated heterocycles. The van der Waals surface area contributed by atoms with E-state index in [9.17, 15) is 43.2 Å². The summed E-state index contributed by atoms with van der Waals surface area (Å²) in [6.07, 6.45) is 65.5. The number of esters is 4. The van der Waals surface area contributed by atoms with E-state index in [-0.39, 0.29) is 25.7 Å². The van der Waals surface area contributed by atoms with E-state index >= 15 is 0 Å². The summed E-state index contributed by atoms with van der Waals surface area (Å²) in [6, 6.07) is 0. The van der Waals surface area contributed by atoms with E-state index in [4.69, 9.17) is 37.0 Å². The highest BCUT2D eigenvalue weighted by atomic mass is 31.2. The van der Waals surface area contributed by atoms with Gasteiger partial charge in [0.15, 0.2) is 12.2 Å². The third-order valence-electron chi connectivity index (χ3n) is 17.1. The molecule has 0 aromatic rings. The Balaban J connectivity index is 5.31. The van der Waals surface area contributed by atoms with Crippen LogP contribution in [0.25, 0.3) is 0 Å². The van der Waals surface area contributed by atoms with Gasteiger partial charge in [0, 0.05) is 25.7 Å². The van der Waals surface area contributed by atoms with Crippen LogP contribution in [-0.2, 0) is 65.4 Å². The van der Waals surface area contributed by atoms with Gasteiger partial charge in [0.25, 0.3) is 0 Å². The van der Waals surface area contributed by atoms with Crippen molar-refractivity contribution in [1.29, 1.82) is 0 Å². The number of rotatable bonds is 75. The molecule has 0 aliphatic rings. The fraction of sp³-hybridized carbons (Fsp3) is 0.870. The maximum atomic E-state index is 13.1. The van der Waals surface area contributed by atoms with Crippen molar-refractivity contribution in [3.63, 3.8) is 0 Å². The number of aliphatic hydroxyl groups is 1. The lowest BCUT2D eigenvalue weighted by molar-refractivity contribution is -0.161. The SMILES string of the molecule is CCCCCC/C=C\CCCCCCCC(=O)OC[C@H](COP(=O)(O)OC[C@H](O)COP(=O)(O)OC[C@@H](COC(=O)CCCCCCC/C=C\CCCCCCCC)OC(=O)CCCCCCCCCCCCCCC)OC(=O)CCCCCCC/C=C\CCCCCCCC. The van der Waals surface area contributed by atoms with E-state index in [0.29, 0.717) is 25.7 Å². The van der Waals surface area contributed by atoms with Gasteiger partial charge in [-0.15, -0.1) is 0 Å². The van der Waals surface area contributed by atoms with Crippen molar-refractivity contribution in [3.8, 4) is 0 Å². The van der Waals surface area contributed by atoms with Crippen molar-refractivity contribution in [2.24, 2.45) is 0 Å². The molecule has 0 amide bonds. The van der Waals surface area contributed by atoms with Crippen LogP contribution >= 0.6 is 15.6 Å². The molecule has 564 valence electrons. The first-order valence-electron chi connectivity index (χ1n) is 39.2. The minimum atomic E-state index is -4.97. The Bertz CT molecular complexity index is 1970. The number of carbonyl (C=O) groups excluding carboxylic acids is 4. The van der Waals surface area contributed by atoms with E-state index in [1.807, 2.05) is 0 Å². The van der Waals surface area contributed by atoms with Gasteiger partial charge in [0.05, 0.1) is 26.4 Å². The largest absolute Gasteiger partial charge is 0.472 e. The fourth-order valence-corrected chi connectivity index (χ4v) is 12.6. The highest BCUT2D eigenvalue weighted by molar-refractivity contribution is 7.47. The third-order valence-corrected chi connectivity index (χ3v) is 19.0. The van der Waals surface area contributed by atoms with Gasteiger partial charge in [-0.2, -0.15) is 0 Å². The number of hydrogen-bond acceptors (Lipinski definition) is 15. The summed E-state index contributed by atoms with van der Waals surface area (Å²) in [4.78, 5) is 72.8. The van der Waals surface area contributed by atoms with Crippen LogP contribution in [0.2, 0.25) is 0 Å². The van der Waals surface area contributed by atoms with Gasteiger partial charge < -0.3 is 33.8 Å². The maximum Gasteiger partial charge on any atom is 0.472 e. The molecule has 0 heterocycles. The topological polar surface area (TPSA) is 237 Å². The first kappa shape index (κ1) is 93.3. The van der Waals surface area contributed by atoms with Crippen molar-refractivity contribution in [1.82, 2.24) is 0 Å². The number of phosphoric ester groups is 2. The molecule has 17 nitrogen and oxygen atoms in total. The summed E-state index contributed by atoms with van der Waals surface area (Å²) in [5.41, 5.74) is 0. The highest BCUT2D eigenvalue weighted by Crippen LogP contribution is 2.45. The first-order valence-corrected chi connectivity index (χ1v) is 42.2. The molecule has 0 radical (unpaired) electrons. The van der Waals surface area contributed by atoms with Gasteiger partial charge >= 0.3 is 39.5 Å². The van der Waals surface area contributed by atoms with E-state index < -0.39 is 97.5 Å². The van der Waals surface area contributed by atoms with Gasteiger partial charge in [-0.25, -0.2) is 9.13 Å². The van der Waals surface area contributed by atoms with E-state index in [1.54, 1.807) is 0 Å². The quantitative estimate of drug-likeness (QED) is 0.0169. The smallest absolute Gasteiger partial charge is 0.462 e. The molecule has 0 aromatic heterocycles. The first-order chi connectivity index (χ1) is 46.7. The molecule has 0 fully saturated rings. The van der Waals surface area contributed by atoms with Crippen LogP contribution in [0.1, 0.15) is 374 Å². The van der Waals surface area contributed by atoms with Gasteiger partial charge in [0.2, 0.25) is 0 Å². The molecule has 0 rings (SSSR count). The van der Waals surface area contributed by atoms with Crippen molar-refractivity contribution in [2.45, 2.75) is 393 Å². The molecule has 0 spiro atoms. The van der Waals surface area contributed by atoms with Crippen molar-refractivity contribution >= 4 is 39.5 Å². The minimum absolute atomic E-state index is 0.0896. The molecular weight excluding hydrogens is 1260 g/mol. The fourth-order valence-electron chi connectivity index (χ4n) is 11.0. The number of unbranched alkanes of at least 4 members (excludes halogenated alkanes) is 43. The maximum absolute atomic E-state index is 13.1. The van der Waals surface area contributed by atoms with E-state index in [1.165, 1.54) is 154 Å². The van der Waals surface area contributed by atoms with Crippen molar-refractivity contribution in [3.05, 3.63) is 36.5 Å². The van der Waals surface area contributed by atoms with Crippen molar-refractivity contribution in [2.75, 3.05) is 39.6 Å². The van der Waals surface area contributed by atoms with Gasteiger partial charge in [-0.1, -0.05) is 282 Å². The minimum Gasteiger partial charge on any atom is -0.462 e. The van der Waals surface area contributed by atoms with Crippen molar-refractivity contribution < 1.29 is 80.2 Å². The Morgan fingerprint density at radius 3 is 0.729 bits per heavy atom. The van der Waals surface area contributed by atoms with Crippen LogP contribution in [-0.4, -0.2) is 96.7 Å². The molecule has 2 unspecified atom stereocenters. The van der Waals surface area contributed by atoms with Gasteiger partial charge in [-0.3, -0.25) is 37.3 Å². The molecule has 0 aliphatic carbocycles. The third kappa shape index (κ3) is 69.7. The zero-order chi connectivity index (χ0) is 70.4. The number of allylic oxidation sites excluding steroid dienone is 6. The Kier molecular flexibility index (Phi) is 68.7. The average molecular weight is 1400 g/mol. The van der Waals surface area contributed by atoms with Crippen LogP contribution in [0.4, 0.5) is 0 Å². The summed E-state index contributed by atoms with van der Waals surface area (Å²) in [7, 11) is -9.93. The molecule has 3 N–H and O–H groups in total. The Hall–Kier alpha value is -2.72. The van der Waals surface area contributed by atoms with Crippen LogP contribution in [0.15, 0.2) is 36.5 Å². The summed E-state index contributed by atoms with van der Waals surface area (Å²) in [5, 5.41) is 10.6. The number of aliphatic hydroxyl groups excluding tert-OH is 1. The molecule has 96 heavy (non-hydrogen) atoms. The summed E-state index contributed by atoms with van der Waals surface area (Å²) < 4.78 is 68.5. The number of ether oxygens (including phenoxy) is 4. The molecule has 19 heteroatoms. The predicted octanol–water partition coefficient (Wildman–Crippen LogP) is 22.3. The lowest BCUT2D eigenvalue weighted by atomic mass is 10.0. The summed E-state index contributed by atoms with van der Waals surface area (Å²) in [5.74, 6) is -2.16. The lowest BCUT2D eigenvalue weighted by Crippen LogP contribution is -2.30. The Morgan fingerprint density at radius 2 is 0.479 bits per heavy atom. The second-order valence-corrected chi connectivity index (χ2v) is 29.6. The normalized spacial score (nSPS) is 14.1. The zero-order valence-corrected chi connectivity index (χ0v) is 63.4. The second kappa shape index (κ2) is 70.7. The van der Waals surface area contributed by atoms with E-state index in [2.05, 4.69) is 64.2 Å². The predicted molar refractivity (Wildman–Crippen MR) is 391 cm³/mol. The Labute approximate surface area is 585 Å². The zero-order valence-electron chi connectivity index (χ0n) is 61.6. The van der Waals surface area contributed by atoms with Crippen LogP contribution in [0.3, 0.4) is 0 Å². The lowest BCUT2D eigenvalue weighted by Gasteiger charge is -2.21. The number of hydrogen-bond donors (Lipinski definition) is 3. The molecule has 0 aliphatic heterocycles. The monoisotopic (exact) mass is 1400 g/mol. The van der Waals surface area contributed by atoms with Gasteiger partial charge in [0.1, 0.15) is 19.3 Å². The molecule has 0 aromatic carbocycles. The molecule has 5 atom stereocenters. The summed E-state index contributed by atoms with van der Waals surface area (Å²) >= 11 is 0. The van der Waals surface area contributed by atoms with Crippen LogP contribution in [0, 0.1) is 0 Å². The number of phosphoric acid groups is 2. The number of carbonyl (C=O) groups is 4. The summed E-state index contributed by atoms with van der Waals surface area (Å²) in [6.45, 7) is 4.90. The van der Waals surface area contributed by atoms with Crippen LogP contribution < -0.4 is 0 Å².